The van der Waals surface area contributed by atoms with E-state index in [-0.39, 0.29) is 33.5 Å². The highest BCUT2D eigenvalue weighted by Gasteiger charge is 2.30. The average Bonchev–Trinajstić information content (AvgIpc) is 2.60. The molecule has 1 amide bonds. The maximum atomic E-state index is 13.0. The fourth-order valence-corrected chi connectivity index (χ4v) is 5.08. The van der Waals surface area contributed by atoms with Gasteiger partial charge >= 0.3 is 0 Å². The van der Waals surface area contributed by atoms with Crippen molar-refractivity contribution in [3.8, 4) is 0 Å². The van der Waals surface area contributed by atoms with Gasteiger partial charge in [0.2, 0.25) is 10.0 Å². The third-order valence-electron chi connectivity index (χ3n) is 5.46. The number of carbonyl (C=O) groups excluding carboxylic acids is 1. The molecular formula is C19H29ClN2O3S. The van der Waals surface area contributed by atoms with Gasteiger partial charge in [-0.2, -0.15) is 4.31 Å². The van der Waals surface area contributed by atoms with E-state index < -0.39 is 10.0 Å². The van der Waals surface area contributed by atoms with E-state index >= 15 is 0 Å². The van der Waals surface area contributed by atoms with Crippen molar-refractivity contribution in [2.24, 2.45) is 5.92 Å². The van der Waals surface area contributed by atoms with Crippen LogP contribution in [0.5, 0.6) is 0 Å². The van der Waals surface area contributed by atoms with Gasteiger partial charge in [-0.1, -0.05) is 31.4 Å². The number of nitrogens with zero attached hydrogens (tertiary/aromatic N) is 2. The summed E-state index contributed by atoms with van der Waals surface area (Å²) in [6, 6.07) is 4.33. The molecule has 0 saturated heterocycles. The second kappa shape index (κ2) is 8.28. The van der Waals surface area contributed by atoms with E-state index in [1.165, 1.54) is 36.0 Å². The van der Waals surface area contributed by atoms with Crippen LogP contribution >= 0.6 is 11.6 Å². The van der Waals surface area contributed by atoms with Crippen LogP contribution in [0.1, 0.15) is 56.8 Å². The van der Waals surface area contributed by atoms with E-state index in [1.807, 2.05) is 0 Å². The number of amides is 1. The first-order valence-electron chi connectivity index (χ1n) is 9.12. The summed E-state index contributed by atoms with van der Waals surface area (Å²) in [5, 5.41) is 0.275. The second-order valence-corrected chi connectivity index (χ2v) is 9.91. The predicted molar refractivity (Wildman–Crippen MR) is 105 cm³/mol. The minimum absolute atomic E-state index is 0.0894. The molecule has 2 atom stereocenters. The summed E-state index contributed by atoms with van der Waals surface area (Å²) in [7, 11) is -0.350. The first kappa shape index (κ1) is 21.2. The van der Waals surface area contributed by atoms with Crippen LogP contribution in [0.3, 0.4) is 0 Å². The molecule has 1 fully saturated rings. The van der Waals surface area contributed by atoms with E-state index in [1.54, 1.807) is 25.8 Å². The summed E-state index contributed by atoms with van der Waals surface area (Å²) in [4.78, 5) is 14.8. The molecule has 2 rings (SSSR count). The maximum absolute atomic E-state index is 13.0. The molecule has 0 aromatic heterocycles. The van der Waals surface area contributed by atoms with Crippen LogP contribution in [0.2, 0.25) is 5.02 Å². The highest BCUT2D eigenvalue weighted by molar-refractivity contribution is 7.89. The number of rotatable bonds is 5. The van der Waals surface area contributed by atoms with Crippen molar-refractivity contribution in [3.05, 3.63) is 28.8 Å². The van der Waals surface area contributed by atoms with Crippen LogP contribution < -0.4 is 0 Å². The zero-order valence-corrected chi connectivity index (χ0v) is 17.8. The van der Waals surface area contributed by atoms with Crippen LogP contribution in [-0.4, -0.2) is 49.7 Å². The zero-order valence-electron chi connectivity index (χ0n) is 16.2. The molecule has 0 spiro atoms. The molecule has 1 aliphatic carbocycles. The van der Waals surface area contributed by atoms with E-state index in [9.17, 15) is 13.2 Å². The topological polar surface area (TPSA) is 57.7 Å². The van der Waals surface area contributed by atoms with Gasteiger partial charge < -0.3 is 4.90 Å². The third-order valence-corrected chi connectivity index (χ3v) is 7.82. The molecule has 5 nitrogen and oxygen atoms in total. The number of hydrogen-bond donors (Lipinski definition) is 0. The van der Waals surface area contributed by atoms with Crippen molar-refractivity contribution >= 4 is 27.5 Å². The van der Waals surface area contributed by atoms with Crippen LogP contribution in [0, 0.1) is 5.92 Å². The van der Waals surface area contributed by atoms with Gasteiger partial charge in [-0.25, -0.2) is 8.42 Å². The molecule has 0 N–H and O–H groups in total. The first-order valence-corrected chi connectivity index (χ1v) is 10.9. The van der Waals surface area contributed by atoms with Crippen LogP contribution in [0.25, 0.3) is 0 Å². The van der Waals surface area contributed by atoms with Gasteiger partial charge in [0.05, 0.1) is 15.5 Å². The molecular weight excluding hydrogens is 372 g/mol. The van der Waals surface area contributed by atoms with Crippen molar-refractivity contribution in [3.63, 3.8) is 0 Å². The standard InChI is InChI=1S/C19H29ClN2O3S/c1-13(2)22(5)26(24,25)15-10-11-17(20)16(12-15)19(23)21(4)18-9-7-6-8-14(18)3/h10-14,18H,6-9H2,1-5H3. The largest absolute Gasteiger partial charge is 0.338 e. The van der Waals surface area contributed by atoms with Crippen molar-refractivity contribution in [2.45, 2.75) is 63.4 Å². The highest BCUT2D eigenvalue weighted by atomic mass is 35.5. The van der Waals surface area contributed by atoms with Crippen molar-refractivity contribution in [1.82, 2.24) is 9.21 Å². The molecule has 7 heteroatoms. The molecule has 2 unspecified atom stereocenters. The Kier molecular flexibility index (Phi) is 6.75. The number of sulfonamides is 1. The summed E-state index contributed by atoms with van der Waals surface area (Å²) >= 11 is 6.25. The summed E-state index contributed by atoms with van der Waals surface area (Å²) in [5.41, 5.74) is 0.241. The lowest BCUT2D eigenvalue weighted by Crippen LogP contribution is -2.42. The lowest BCUT2D eigenvalue weighted by atomic mass is 9.85. The molecule has 0 bridgehead atoms. The summed E-state index contributed by atoms with van der Waals surface area (Å²) in [6.07, 6.45) is 4.36. The minimum atomic E-state index is -3.67. The quantitative estimate of drug-likeness (QED) is 0.749. The fourth-order valence-electron chi connectivity index (χ4n) is 3.49. The van der Waals surface area contributed by atoms with Gasteiger partial charge in [0, 0.05) is 26.2 Å². The number of carbonyl (C=O) groups is 1. The monoisotopic (exact) mass is 400 g/mol. The van der Waals surface area contributed by atoms with Gasteiger partial charge in [0.1, 0.15) is 0 Å². The Morgan fingerprint density at radius 2 is 1.81 bits per heavy atom. The molecule has 26 heavy (non-hydrogen) atoms. The number of halogens is 1. The Labute approximate surface area is 162 Å². The van der Waals surface area contributed by atoms with Gasteiger partial charge in [-0.05, 0) is 50.8 Å². The molecule has 0 aliphatic heterocycles. The lowest BCUT2D eigenvalue weighted by molar-refractivity contribution is 0.0629. The summed E-state index contributed by atoms with van der Waals surface area (Å²) < 4.78 is 26.8. The smallest absolute Gasteiger partial charge is 0.255 e. The Bertz CT molecular complexity index is 764. The van der Waals surface area contributed by atoms with Crippen LogP contribution in [-0.2, 0) is 10.0 Å². The van der Waals surface area contributed by atoms with E-state index in [0.717, 1.165) is 19.3 Å². The second-order valence-electron chi connectivity index (χ2n) is 7.50. The Hall–Kier alpha value is -1.11. The van der Waals surface area contributed by atoms with Gasteiger partial charge in [0.15, 0.2) is 0 Å². The van der Waals surface area contributed by atoms with E-state index in [2.05, 4.69) is 6.92 Å². The predicted octanol–water partition coefficient (Wildman–Crippen LogP) is 4.02. The van der Waals surface area contributed by atoms with E-state index in [0.29, 0.717) is 5.92 Å². The van der Waals surface area contributed by atoms with Crippen LogP contribution in [0.4, 0.5) is 0 Å². The molecule has 1 saturated carbocycles. The molecule has 146 valence electrons. The molecule has 1 aliphatic rings. The molecule has 1 aromatic rings. The number of hydrogen-bond acceptors (Lipinski definition) is 3. The zero-order chi connectivity index (χ0) is 19.6. The Balaban J connectivity index is 2.36. The lowest BCUT2D eigenvalue weighted by Gasteiger charge is -2.36. The maximum Gasteiger partial charge on any atom is 0.255 e. The normalized spacial score (nSPS) is 21.2. The van der Waals surface area contributed by atoms with Crippen molar-refractivity contribution in [1.29, 1.82) is 0 Å². The minimum Gasteiger partial charge on any atom is -0.338 e. The van der Waals surface area contributed by atoms with Crippen molar-refractivity contribution in [2.75, 3.05) is 14.1 Å². The van der Waals surface area contributed by atoms with Gasteiger partial charge in [-0.15, -0.1) is 0 Å². The molecule has 1 aromatic carbocycles. The molecule has 0 heterocycles. The fraction of sp³-hybridized carbons (Fsp3) is 0.632. The SMILES string of the molecule is CC1CCCCC1N(C)C(=O)c1cc(S(=O)(=O)N(C)C(C)C)ccc1Cl. The number of benzene rings is 1. The van der Waals surface area contributed by atoms with Gasteiger partial charge in [0.25, 0.3) is 5.91 Å². The van der Waals surface area contributed by atoms with Gasteiger partial charge in [-0.3, -0.25) is 4.79 Å². The van der Waals surface area contributed by atoms with E-state index in [4.69, 9.17) is 11.6 Å². The molecule has 0 radical (unpaired) electrons. The highest BCUT2D eigenvalue weighted by Crippen LogP contribution is 2.30. The summed E-state index contributed by atoms with van der Waals surface area (Å²) in [6.45, 7) is 5.77. The van der Waals surface area contributed by atoms with Crippen molar-refractivity contribution < 1.29 is 13.2 Å². The summed E-state index contributed by atoms with van der Waals surface area (Å²) in [5.74, 6) is 0.202. The Morgan fingerprint density at radius 3 is 2.38 bits per heavy atom. The van der Waals surface area contributed by atoms with Crippen LogP contribution in [0.15, 0.2) is 23.1 Å². The third kappa shape index (κ3) is 4.24. The average molecular weight is 401 g/mol. The first-order chi connectivity index (χ1) is 12.1. The Morgan fingerprint density at radius 1 is 1.19 bits per heavy atom.